The summed E-state index contributed by atoms with van der Waals surface area (Å²) in [5.41, 5.74) is 8.76. The molecule has 0 aliphatic rings. The highest BCUT2D eigenvalue weighted by Gasteiger charge is 2.08. The molecule has 0 atom stereocenters. The molecule has 0 aliphatic carbocycles. The number of nitrogen functional groups attached to an aromatic ring is 1. The normalized spacial score (nSPS) is 11.1. The van der Waals surface area contributed by atoms with Crippen LogP contribution in [0.15, 0.2) is 24.4 Å². The number of nitrogens with zero attached hydrogens (tertiary/aromatic N) is 4. The van der Waals surface area contributed by atoms with Crippen LogP contribution in [-0.4, -0.2) is 19.4 Å². The van der Waals surface area contributed by atoms with Crippen molar-refractivity contribution in [2.75, 3.05) is 5.73 Å². The number of nitrogens with two attached hydrogens (primary N) is 1. The minimum absolute atomic E-state index is 0.655. The number of fused-ring (bicyclic) bond motifs is 1. The molecule has 0 fully saturated rings. The topological polar surface area (TPSA) is 69.6 Å². The van der Waals surface area contributed by atoms with Gasteiger partial charge in [-0.2, -0.15) is 5.10 Å². The summed E-state index contributed by atoms with van der Waals surface area (Å²) in [6, 6.07) is 5.99. The first-order valence-corrected chi connectivity index (χ1v) is 5.53. The van der Waals surface area contributed by atoms with Gasteiger partial charge in [0.05, 0.1) is 10.9 Å². The fourth-order valence-corrected chi connectivity index (χ4v) is 2.16. The predicted octanol–water partition coefficient (Wildman–Crippen LogP) is 1.67. The van der Waals surface area contributed by atoms with Crippen molar-refractivity contribution in [3.05, 3.63) is 24.4 Å². The first kappa shape index (κ1) is 9.29. The summed E-state index contributed by atoms with van der Waals surface area (Å²) in [4.78, 5) is 0. The fraction of sp³-hybridized carbons (Fsp3) is 0.100. The maximum atomic E-state index is 5.92. The highest BCUT2D eigenvalue weighted by atomic mass is 32.1. The lowest BCUT2D eigenvalue weighted by molar-refractivity contribution is 0.779. The van der Waals surface area contributed by atoms with Gasteiger partial charge in [0.25, 0.3) is 0 Å². The van der Waals surface area contributed by atoms with Crippen LogP contribution in [0.1, 0.15) is 0 Å². The first-order valence-electron chi connectivity index (χ1n) is 4.75. The molecule has 0 saturated carbocycles. The third-order valence-corrected chi connectivity index (χ3v) is 3.25. The van der Waals surface area contributed by atoms with E-state index in [1.807, 2.05) is 25.2 Å². The lowest BCUT2D eigenvalue weighted by Gasteiger charge is -2.00. The van der Waals surface area contributed by atoms with Crippen molar-refractivity contribution >= 4 is 27.6 Å². The average Bonchev–Trinajstić information content (AvgIpc) is 2.86. The Morgan fingerprint density at radius 2 is 2.25 bits per heavy atom. The van der Waals surface area contributed by atoms with Crippen LogP contribution in [-0.2, 0) is 7.05 Å². The number of benzene rings is 1. The van der Waals surface area contributed by atoms with Crippen molar-refractivity contribution in [1.29, 1.82) is 0 Å². The van der Waals surface area contributed by atoms with Crippen molar-refractivity contribution < 1.29 is 0 Å². The molecule has 80 valence electrons. The Balaban J connectivity index is 2.21. The first-order chi connectivity index (χ1) is 7.75. The van der Waals surface area contributed by atoms with Gasteiger partial charge in [0, 0.05) is 12.6 Å². The zero-order chi connectivity index (χ0) is 11.1. The van der Waals surface area contributed by atoms with E-state index in [9.17, 15) is 0 Å². The molecule has 0 bridgehead atoms. The van der Waals surface area contributed by atoms with Gasteiger partial charge in [-0.25, -0.2) is 0 Å². The van der Waals surface area contributed by atoms with Gasteiger partial charge >= 0.3 is 0 Å². The number of hydrogen-bond acceptors (Lipinski definition) is 5. The molecule has 16 heavy (non-hydrogen) atoms. The molecule has 0 radical (unpaired) electrons. The van der Waals surface area contributed by atoms with Crippen LogP contribution in [0, 0.1) is 0 Å². The Morgan fingerprint density at radius 1 is 1.38 bits per heavy atom. The number of hydrogen-bond donors (Lipinski definition) is 1. The van der Waals surface area contributed by atoms with E-state index >= 15 is 0 Å². The number of anilines is 1. The van der Waals surface area contributed by atoms with Crippen LogP contribution in [0.5, 0.6) is 0 Å². The molecule has 0 unspecified atom stereocenters. The van der Waals surface area contributed by atoms with Crippen LogP contribution in [0.4, 0.5) is 5.82 Å². The van der Waals surface area contributed by atoms with Crippen molar-refractivity contribution in [3.63, 3.8) is 0 Å². The van der Waals surface area contributed by atoms with Crippen LogP contribution in [0.25, 0.3) is 21.3 Å². The maximum absolute atomic E-state index is 5.92. The Morgan fingerprint density at radius 3 is 3.00 bits per heavy atom. The monoisotopic (exact) mass is 231 g/mol. The second-order valence-electron chi connectivity index (χ2n) is 3.52. The molecule has 2 N–H and O–H groups in total. The molecule has 2 heterocycles. The average molecular weight is 231 g/mol. The molecule has 3 aromatic rings. The van der Waals surface area contributed by atoms with Crippen LogP contribution < -0.4 is 5.73 Å². The van der Waals surface area contributed by atoms with E-state index in [1.54, 1.807) is 10.9 Å². The Labute approximate surface area is 95.7 Å². The summed E-state index contributed by atoms with van der Waals surface area (Å²) < 4.78 is 6.63. The molecule has 0 aliphatic heterocycles. The zero-order valence-electron chi connectivity index (χ0n) is 8.58. The molecule has 1 aromatic carbocycles. The molecule has 0 amide bonds. The zero-order valence-corrected chi connectivity index (χ0v) is 9.40. The summed E-state index contributed by atoms with van der Waals surface area (Å²) in [6.07, 6.45) is 1.76. The quantitative estimate of drug-likeness (QED) is 0.691. The van der Waals surface area contributed by atoms with Crippen LogP contribution in [0.3, 0.4) is 0 Å². The van der Waals surface area contributed by atoms with Gasteiger partial charge < -0.3 is 5.73 Å². The predicted molar refractivity (Wildman–Crippen MR) is 64.0 cm³/mol. The molecule has 5 nitrogen and oxygen atoms in total. The Bertz CT molecular complexity index is 654. The van der Waals surface area contributed by atoms with Crippen LogP contribution in [0.2, 0.25) is 0 Å². The summed E-state index contributed by atoms with van der Waals surface area (Å²) >= 11 is 1.39. The largest absolute Gasteiger partial charge is 0.383 e. The molecule has 6 heteroatoms. The minimum atomic E-state index is 0.655. The van der Waals surface area contributed by atoms with Crippen LogP contribution >= 0.6 is 11.5 Å². The highest BCUT2D eigenvalue weighted by molar-refractivity contribution is 7.12. The van der Waals surface area contributed by atoms with E-state index in [0.29, 0.717) is 5.82 Å². The molecule has 0 saturated heterocycles. The third-order valence-electron chi connectivity index (χ3n) is 2.54. The molecule has 2 aromatic heterocycles. The van der Waals surface area contributed by atoms with Gasteiger partial charge in [0.1, 0.15) is 11.3 Å². The Hall–Kier alpha value is -1.95. The van der Waals surface area contributed by atoms with Gasteiger partial charge in [-0.05, 0) is 29.2 Å². The molecular weight excluding hydrogens is 222 g/mol. The van der Waals surface area contributed by atoms with E-state index in [0.717, 1.165) is 21.3 Å². The number of aromatic nitrogens is 4. The van der Waals surface area contributed by atoms with Crippen molar-refractivity contribution in [2.45, 2.75) is 0 Å². The third kappa shape index (κ3) is 1.27. The van der Waals surface area contributed by atoms with E-state index in [1.165, 1.54) is 11.5 Å². The van der Waals surface area contributed by atoms with Gasteiger partial charge in [-0.15, -0.1) is 5.10 Å². The fourth-order valence-electron chi connectivity index (χ4n) is 1.62. The van der Waals surface area contributed by atoms with E-state index < -0.39 is 0 Å². The Kier molecular flexibility index (Phi) is 1.90. The second-order valence-corrected chi connectivity index (χ2v) is 4.31. The highest BCUT2D eigenvalue weighted by Crippen LogP contribution is 2.28. The molecular formula is C10H9N5S. The molecule has 0 spiro atoms. The van der Waals surface area contributed by atoms with E-state index in [4.69, 9.17) is 5.73 Å². The van der Waals surface area contributed by atoms with E-state index in [-0.39, 0.29) is 0 Å². The number of aryl methyl sites for hydroxylation is 1. The van der Waals surface area contributed by atoms with Crippen molar-refractivity contribution in [1.82, 2.24) is 19.4 Å². The summed E-state index contributed by atoms with van der Waals surface area (Å²) in [6.45, 7) is 0. The lowest BCUT2D eigenvalue weighted by Crippen LogP contribution is -1.97. The smallest absolute Gasteiger partial charge is 0.129 e. The van der Waals surface area contributed by atoms with Gasteiger partial charge in [-0.1, -0.05) is 10.6 Å². The van der Waals surface area contributed by atoms with Gasteiger partial charge in [-0.3, -0.25) is 4.68 Å². The minimum Gasteiger partial charge on any atom is -0.383 e. The standard InChI is InChI=1S/C10H9N5S/c1-15-10(11)7(5-12-15)6-2-3-9-8(4-6)13-14-16-9/h2-5H,11H2,1H3. The number of rotatable bonds is 1. The lowest BCUT2D eigenvalue weighted by atomic mass is 10.1. The van der Waals surface area contributed by atoms with Crippen molar-refractivity contribution in [2.24, 2.45) is 7.05 Å². The maximum Gasteiger partial charge on any atom is 0.129 e. The van der Waals surface area contributed by atoms with Crippen molar-refractivity contribution in [3.8, 4) is 11.1 Å². The summed E-state index contributed by atoms with van der Waals surface area (Å²) in [7, 11) is 1.82. The summed E-state index contributed by atoms with van der Waals surface area (Å²) in [5, 5.41) is 8.16. The SMILES string of the molecule is Cn1ncc(-c2ccc3snnc3c2)c1N. The van der Waals surface area contributed by atoms with Gasteiger partial charge in [0.15, 0.2) is 0 Å². The van der Waals surface area contributed by atoms with E-state index in [2.05, 4.69) is 14.7 Å². The molecule has 3 rings (SSSR count). The second kappa shape index (κ2) is 3.28. The summed E-state index contributed by atoms with van der Waals surface area (Å²) in [5.74, 6) is 0.655. The van der Waals surface area contributed by atoms with Gasteiger partial charge in [0.2, 0.25) is 0 Å².